The third kappa shape index (κ3) is 3.42. The fourth-order valence-electron chi connectivity index (χ4n) is 1.37. The number of nitrogens with zero attached hydrogens (tertiary/aromatic N) is 1. The van der Waals surface area contributed by atoms with Gasteiger partial charge in [-0.15, -0.1) is 0 Å². The van der Waals surface area contributed by atoms with Crippen LogP contribution >= 0.6 is 0 Å². The number of pyridine rings is 1. The number of carbonyl (C=O) groups is 2. The van der Waals surface area contributed by atoms with Crippen molar-refractivity contribution in [2.45, 2.75) is 18.9 Å². The highest BCUT2D eigenvalue weighted by molar-refractivity contribution is 5.95. The highest BCUT2D eigenvalue weighted by atomic mass is 16.2. The molecular weight excluding hydrogens is 234 g/mol. The first kappa shape index (κ1) is 12.3. The van der Waals surface area contributed by atoms with E-state index in [1.54, 1.807) is 6.07 Å². The van der Waals surface area contributed by atoms with Crippen LogP contribution in [0.25, 0.3) is 0 Å². The van der Waals surface area contributed by atoms with E-state index in [-0.39, 0.29) is 24.1 Å². The molecule has 1 aliphatic rings. The summed E-state index contributed by atoms with van der Waals surface area (Å²) in [7, 11) is 0. The lowest BCUT2D eigenvalue weighted by Crippen LogP contribution is -2.38. The van der Waals surface area contributed by atoms with Gasteiger partial charge in [0.05, 0.1) is 18.4 Å². The summed E-state index contributed by atoms with van der Waals surface area (Å²) < 4.78 is 0. The standard InChI is InChI=1S/C11H15N5O2/c12-16-8-3-4-9(13-5-8)11(18)14-6-10(17)15-7-1-2-7/h3-5,7,16H,1-2,6,12H2,(H,14,18)(H,15,17). The number of rotatable bonds is 5. The zero-order valence-corrected chi connectivity index (χ0v) is 9.77. The van der Waals surface area contributed by atoms with Crippen molar-refractivity contribution >= 4 is 17.5 Å². The molecule has 1 heterocycles. The molecule has 0 aliphatic heterocycles. The molecule has 0 aromatic carbocycles. The van der Waals surface area contributed by atoms with Crippen molar-refractivity contribution in [2.24, 2.45) is 5.84 Å². The van der Waals surface area contributed by atoms with Crippen LogP contribution in [-0.2, 0) is 4.79 Å². The van der Waals surface area contributed by atoms with Crippen LogP contribution in [0.5, 0.6) is 0 Å². The average molecular weight is 249 g/mol. The molecule has 1 saturated carbocycles. The molecule has 1 aliphatic carbocycles. The van der Waals surface area contributed by atoms with Gasteiger partial charge in [-0.05, 0) is 25.0 Å². The van der Waals surface area contributed by atoms with E-state index in [9.17, 15) is 9.59 Å². The maximum absolute atomic E-state index is 11.6. The van der Waals surface area contributed by atoms with Crippen molar-refractivity contribution in [3.63, 3.8) is 0 Å². The summed E-state index contributed by atoms with van der Waals surface area (Å²) >= 11 is 0. The lowest BCUT2D eigenvalue weighted by molar-refractivity contribution is -0.120. The average Bonchev–Trinajstić information content (AvgIpc) is 3.20. The van der Waals surface area contributed by atoms with Gasteiger partial charge < -0.3 is 16.1 Å². The molecule has 1 fully saturated rings. The van der Waals surface area contributed by atoms with E-state index >= 15 is 0 Å². The molecule has 1 aromatic rings. The minimum absolute atomic E-state index is 0.0338. The largest absolute Gasteiger partial charge is 0.352 e. The maximum Gasteiger partial charge on any atom is 0.270 e. The van der Waals surface area contributed by atoms with Crippen LogP contribution in [0.15, 0.2) is 18.3 Å². The molecule has 2 rings (SSSR count). The van der Waals surface area contributed by atoms with Gasteiger partial charge in [0.15, 0.2) is 0 Å². The first-order chi connectivity index (χ1) is 8.69. The molecule has 96 valence electrons. The Labute approximate surface area is 104 Å². The summed E-state index contributed by atoms with van der Waals surface area (Å²) in [5.41, 5.74) is 3.27. The molecule has 2 amide bonds. The predicted octanol–water partition coefficient (Wildman–Crippen LogP) is -0.624. The second-order valence-electron chi connectivity index (χ2n) is 4.10. The van der Waals surface area contributed by atoms with Crippen LogP contribution in [0, 0.1) is 0 Å². The Morgan fingerprint density at radius 1 is 1.39 bits per heavy atom. The van der Waals surface area contributed by atoms with Crippen molar-refractivity contribution in [2.75, 3.05) is 12.0 Å². The second kappa shape index (κ2) is 5.46. The molecule has 0 spiro atoms. The van der Waals surface area contributed by atoms with Crippen LogP contribution in [0.1, 0.15) is 23.3 Å². The van der Waals surface area contributed by atoms with Gasteiger partial charge in [-0.1, -0.05) is 0 Å². The summed E-state index contributed by atoms with van der Waals surface area (Å²) in [6.07, 6.45) is 3.49. The molecular formula is C11H15N5O2. The van der Waals surface area contributed by atoms with Gasteiger partial charge in [0.25, 0.3) is 5.91 Å². The maximum atomic E-state index is 11.6. The number of amides is 2. The van der Waals surface area contributed by atoms with E-state index in [1.165, 1.54) is 12.3 Å². The number of hydrogen-bond donors (Lipinski definition) is 4. The van der Waals surface area contributed by atoms with Gasteiger partial charge in [0, 0.05) is 6.04 Å². The summed E-state index contributed by atoms with van der Waals surface area (Å²) in [6, 6.07) is 3.46. The van der Waals surface area contributed by atoms with E-state index in [2.05, 4.69) is 21.0 Å². The van der Waals surface area contributed by atoms with Crippen molar-refractivity contribution in [1.82, 2.24) is 15.6 Å². The zero-order chi connectivity index (χ0) is 13.0. The molecule has 0 unspecified atom stereocenters. The Bertz CT molecular complexity index is 441. The van der Waals surface area contributed by atoms with Gasteiger partial charge in [0.1, 0.15) is 5.69 Å². The number of hydrogen-bond acceptors (Lipinski definition) is 5. The number of carbonyl (C=O) groups excluding carboxylic acids is 2. The minimum atomic E-state index is -0.385. The number of hydrazine groups is 1. The monoisotopic (exact) mass is 249 g/mol. The fraction of sp³-hybridized carbons (Fsp3) is 0.364. The van der Waals surface area contributed by atoms with Gasteiger partial charge in [-0.3, -0.25) is 15.4 Å². The Balaban J connectivity index is 1.80. The van der Waals surface area contributed by atoms with Gasteiger partial charge >= 0.3 is 0 Å². The van der Waals surface area contributed by atoms with Crippen molar-refractivity contribution < 1.29 is 9.59 Å². The van der Waals surface area contributed by atoms with E-state index in [1.807, 2.05) is 0 Å². The van der Waals surface area contributed by atoms with Crippen LogP contribution < -0.4 is 21.9 Å². The van der Waals surface area contributed by atoms with Crippen LogP contribution in [0.2, 0.25) is 0 Å². The number of nitrogens with two attached hydrogens (primary N) is 1. The molecule has 5 N–H and O–H groups in total. The first-order valence-electron chi connectivity index (χ1n) is 5.69. The summed E-state index contributed by atoms with van der Waals surface area (Å²) in [4.78, 5) is 26.9. The molecule has 0 radical (unpaired) electrons. The molecule has 1 aromatic heterocycles. The molecule has 0 bridgehead atoms. The van der Waals surface area contributed by atoms with E-state index in [0.29, 0.717) is 11.7 Å². The number of nitrogens with one attached hydrogen (secondary N) is 3. The molecule has 0 atom stereocenters. The minimum Gasteiger partial charge on any atom is -0.352 e. The third-order valence-corrected chi connectivity index (χ3v) is 2.51. The Morgan fingerprint density at radius 3 is 2.72 bits per heavy atom. The highest BCUT2D eigenvalue weighted by Crippen LogP contribution is 2.18. The lowest BCUT2D eigenvalue weighted by atomic mass is 10.3. The topological polar surface area (TPSA) is 109 Å². The quantitative estimate of drug-likeness (QED) is 0.410. The second-order valence-corrected chi connectivity index (χ2v) is 4.10. The Hall–Kier alpha value is -2.15. The molecule has 7 heteroatoms. The highest BCUT2D eigenvalue weighted by Gasteiger charge is 2.23. The first-order valence-corrected chi connectivity index (χ1v) is 5.69. The van der Waals surface area contributed by atoms with Crippen molar-refractivity contribution in [3.8, 4) is 0 Å². The van der Waals surface area contributed by atoms with Crippen LogP contribution in [-0.4, -0.2) is 29.4 Å². The van der Waals surface area contributed by atoms with E-state index < -0.39 is 0 Å². The normalized spacial score (nSPS) is 13.8. The van der Waals surface area contributed by atoms with Crippen LogP contribution in [0.3, 0.4) is 0 Å². The molecule has 18 heavy (non-hydrogen) atoms. The molecule has 0 saturated heterocycles. The third-order valence-electron chi connectivity index (χ3n) is 2.51. The summed E-state index contributed by atoms with van der Waals surface area (Å²) in [6.45, 7) is -0.0338. The Morgan fingerprint density at radius 2 is 2.17 bits per heavy atom. The van der Waals surface area contributed by atoms with Gasteiger partial charge in [-0.2, -0.15) is 0 Å². The van der Waals surface area contributed by atoms with Crippen LogP contribution in [0.4, 0.5) is 5.69 Å². The van der Waals surface area contributed by atoms with Gasteiger partial charge in [0.2, 0.25) is 5.91 Å². The van der Waals surface area contributed by atoms with E-state index in [0.717, 1.165) is 12.8 Å². The predicted molar refractivity (Wildman–Crippen MR) is 65.5 cm³/mol. The Kier molecular flexibility index (Phi) is 3.73. The lowest BCUT2D eigenvalue weighted by Gasteiger charge is -2.06. The number of aromatic nitrogens is 1. The van der Waals surface area contributed by atoms with Gasteiger partial charge in [-0.25, -0.2) is 4.98 Å². The smallest absolute Gasteiger partial charge is 0.270 e. The molecule has 7 nitrogen and oxygen atoms in total. The SMILES string of the molecule is NNc1ccc(C(=O)NCC(=O)NC2CC2)nc1. The fourth-order valence-corrected chi connectivity index (χ4v) is 1.37. The zero-order valence-electron chi connectivity index (χ0n) is 9.77. The number of anilines is 1. The summed E-state index contributed by atoms with van der Waals surface area (Å²) in [5, 5.41) is 5.28. The number of nitrogen functional groups attached to an aromatic ring is 1. The van der Waals surface area contributed by atoms with Crippen molar-refractivity contribution in [3.05, 3.63) is 24.0 Å². The summed E-state index contributed by atoms with van der Waals surface area (Å²) in [5.74, 6) is 4.62. The van der Waals surface area contributed by atoms with E-state index in [4.69, 9.17) is 5.84 Å². The van der Waals surface area contributed by atoms with Crippen molar-refractivity contribution in [1.29, 1.82) is 0 Å².